The van der Waals surface area contributed by atoms with Crippen LogP contribution in [0.25, 0.3) is 10.9 Å². The number of rotatable bonds is 13. The summed E-state index contributed by atoms with van der Waals surface area (Å²) in [4.78, 5) is 12.1. The molecule has 0 atom stereocenters. The Hall–Kier alpha value is -4.31. The molecular weight excluding hydrogens is 614 g/mol. The van der Waals surface area contributed by atoms with Gasteiger partial charge in [0.05, 0.1) is 39.7 Å². The second-order valence-electron chi connectivity index (χ2n) is 10.4. The highest BCUT2D eigenvalue weighted by atomic mass is 35.5. The largest absolute Gasteiger partial charge is 0.496 e. The van der Waals surface area contributed by atoms with Gasteiger partial charge in [-0.05, 0) is 47.0 Å². The van der Waals surface area contributed by atoms with Crippen LogP contribution >= 0.6 is 11.6 Å². The van der Waals surface area contributed by atoms with Crippen molar-refractivity contribution in [3.8, 4) is 11.5 Å². The fourth-order valence-electron chi connectivity index (χ4n) is 5.61. The molecule has 234 valence electrons. The summed E-state index contributed by atoms with van der Waals surface area (Å²) in [6.07, 6.45) is 1.86. The Morgan fingerprint density at radius 3 is 2.11 bits per heavy atom. The molecule has 0 bridgehead atoms. The Labute approximate surface area is 268 Å². The maximum absolute atomic E-state index is 12.1. The molecule has 0 saturated heterocycles. The number of hydrogen-bond acceptors (Lipinski definition) is 7. The van der Waals surface area contributed by atoms with Crippen LogP contribution in [0.3, 0.4) is 0 Å². The summed E-state index contributed by atoms with van der Waals surface area (Å²) < 4.78 is 47.8. The minimum absolute atomic E-state index is 0.0285. The maximum atomic E-state index is 12.1. The molecule has 0 spiro atoms. The van der Waals surface area contributed by atoms with E-state index in [0.29, 0.717) is 34.9 Å². The number of aromatic nitrogens is 1. The molecule has 0 aliphatic heterocycles. The summed E-state index contributed by atoms with van der Waals surface area (Å²) in [6, 6.07) is 30.9. The predicted octanol–water partition coefficient (Wildman–Crippen LogP) is 6.87. The van der Waals surface area contributed by atoms with Crippen LogP contribution in [0.1, 0.15) is 38.8 Å². The van der Waals surface area contributed by atoms with E-state index in [2.05, 4.69) is 28.8 Å². The van der Waals surface area contributed by atoms with Crippen LogP contribution in [0.2, 0.25) is 5.02 Å². The number of hydrogen-bond donors (Lipinski definition) is 0. The van der Waals surface area contributed by atoms with E-state index in [1.54, 1.807) is 18.2 Å². The Balaban J connectivity index is 1.60. The van der Waals surface area contributed by atoms with Crippen molar-refractivity contribution in [1.29, 1.82) is 0 Å². The molecule has 0 N–H and O–H groups in total. The van der Waals surface area contributed by atoms with Gasteiger partial charge in [0.1, 0.15) is 17.1 Å². The standard InChI is InChI=1S/C35H34ClNO7S/c1-41-33-23-27(15-16-29(33)35(38)42-2)43-20-18-28-30-22-26(36)14-17-31(30)37(32(28)19-21-44-45(3,39)40)34(24-10-6-4-7-11-24)25-12-8-5-9-13-25/h4-17,22-23,34H,18-21H2,1-3H3. The van der Waals surface area contributed by atoms with Gasteiger partial charge in [-0.15, -0.1) is 0 Å². The van der Waals surface area contributed by atoms with Crippen LogP contribution in [0.5, 0.6) is 11.5 Å². The number of carbonyl (C=O) groups excluding carboxylic acids is 1. The summed E-state index contributed by atoms with van der Waals surface area (Å²) in [5.41, 5.74) is 5.27. The summed E-state index contributed by atoms with van der Waals surface area (Å²) in [7, 11) is -0.862. The lowest BCUT2D eigenvalue weighted by Gasteiger charge is -2.25. The van der Waals surface area contributed by atoms with E-state index in [1.807, 2.05) is 54.6 Å². The van der Waals surface area contributed by atoms with Crippen molar-refractivity contribution in [2.24, 2.45) is 0 Å². The SMILES string of the molecule is COC(=O)c1ccc(OCCc2c(CCOS(C)(=O)=O)n(C(c3ccccc3)c3ccccc3)c3ccc(Cl)cc23)cc1OC. The monoisotopic (exact) mass is 647 g/mol. The number of benzene rings is 4. The third-order valence-corrected chi connectivity index (χ3v) is 8.34. The number of nitrogens with zero attached hydrogens (tertiary/aromatic N) is 1. The normalized spacial score (nSPS) is 11.6. The Morgan fingerprint density at radius 1 is 0.844 bits per heavy atom. The Kier molecular flexibility index (Phi) is 10.1. The number of carbonyl (C=O) groups is 1. The van der Waals surface area contributed by atoms with Gasteiger partial charge in [-0.2, -0.15) is 8.42 Å². The third-order valence-electron chi connectivity index (χ3n) is 7.51. The number of methoxy groups -OCH3 is 2. The van der Waals surface area contributed by atoms with Crippen molar-refractivity contribution in [1.82, 2.24) is 4.57 Å². The first-order chi connectivity index (χ1) is 21.7. The maximum Gasteiger partial charge on any atom is 0.341 e. The Morgan fingerprint density at radius 2 is 1.51 bits per heavy atom. The van der Waals surface area contributed by atoms with Crippen LogP contribution in [-0.4, -0.2) is 52.6 Å². The molecule has 0 radical (unpaired) electrons. The minimum atomic E-state index is -3.65. The average molecular weight is 648 g/mol. The second kappa shape index (κ2) is 14.2. The van der Waals surface area contributed by atoms with Crippen LogP contribution in [0.4, 0.5) is 0 Å². The molecule has 0 amide bonds. The second-order valence-corrected chi connectivity index (χ2v) is 12.5. The lowest BCUT2D eigenvalue weighted by atomic mass is 9.97. The molecule has 0 fully saturated rings. The first-order valence-corrected chi connectivity index (χ1v) is 16.5. The van der Waals surface area contributed by atoms with Crippen molar-refractivity contribution in [3.05, 3.63) is 130 Å². The highest BCUT2D eigenvalue weighted by Crippen LogP contribution is 2.38. The van der Waals surface area contributed by atoms with Crippen molar-refractivity contribution < 1.29 is 31.6 Å². The van der Waals surface area contributed by atoms with E-state index in [1.165, 1.54) is 14.2 Å². The lowest BCUT2D eigenvalue weighted by molar-refractivity contribution is 0.0597. The van der Waals surface area contributed by atoms with E-state index in [-0.39, 0.29) is 19.3 Å². The van der Waals surface area contributed by atoms with Crippen molar-refractivity contribution in [2.75, 3.05) is 33.7 Å². The van der Waals surface area contributed by atoms with Crippen molar-refractivity contribution in [2.45, 2.75) is 18.9 Å². The molecule has 8 nitrogen and oxygen atoms in total. The summed E-state index contributed by atoms with van der Waals surface area (Å²) in [5, 5.41) is 1.52. The van der Waals surface area contributed by atoms with Gasteiger partial charge >= 0.3 is 5.97 Å². The summed E-state index contributed by atoms with van der Waals surface area (Å²) in [5.74, 6) is 0.361. The number of halogens is 1. The molecule has 0 saturated carbocycles. The summed E-state index contributed by atoms with van der Waals surface area (Å²) in [6.45, 7) is 0.257. The quantitative estimate of drug-likeness (QED) is 0.102. The highest BCUT2D eigenvalue weighted by Gasteiger charge is 2.26. The van der Waals surface area contributed by atoms with Gasteiger partial charge in [0, 0.05) is 40.5 Å². The smallest absolute Gasteiger partial charge is 0.341 e. The van der Waals surface area contributed by atoms with Gasteiger partial charge < -0.3 is 18.8 Å². The molecule has 10 heteroatoms. The van der Waals surface area contributed by atoms with Crippen LogP contribution in [-0.2, 0) is 31.9 Å². The van der Waals surface area contributed by atoms with Gasteiger partial charge in [0.15, 0.2) is 0 Å². The molecule has 4 aromatic carbocycles. The van der Waals surface area contributed by atoms with Gasteiger partial charge in [-0.1, -0.05) is 72.3 Å². The molecule has 0 unspecified atom stereocenters. The minimum Gasteiger partial charge on any atom is -0.496 e. The number of ether oxygens (including phenoxy) is 3. The zero-order chi connectivity index (χ0) is 32.0. The zero-order valence-electron chi connectivity index (χ0n) is 25.2. The third kappa shape index (κ3) is 7.50. The molecule has 0 aliphatic rings. The van der Waals surface area contributed by atoms with E-state index in [4.69, 9.17) is 30.0 Å². The summed E-state index contributed by atoms with van der Waals surface area (Å²) >= 11 is 6.55. The highest BCUT2D eigenvalue weighted by molar-refractivity contribution is 7.85. The van der Waals surface area contributed by atoms with E-state index >= 15 is 0 Å². The van der Waals surface area contributed by atoms with E-state index in [9.17, 15) is 13.2 Å². The molecular formula is C35H34ClNO7S. The zero-order valence-corrected chi connectivity index (χ0v) is 26.8. The number of esters is 1. The molecule has 1 aromatic heterocycles. The van der Waals surface area contributed by atoms with Gasteiger partial charge in [-0.25, -0.2) is 4.79 Å². The van der Waals surface area contributed by atoms with Gasteiger partial charge in [0.25, 0.3) is 10.1 Å². The number of fused-ring (bicyclic) bond motifs is 1. The fourth-order valence-corrected chi connectivity index (χ4v) is 6.17. The van der Waals surface area contributed by atoms with Gasteiger partial charge in [0.2, 0.25) is 0 Å². The van der Waals surface area contributed by atoms with Crippen LogP contribution < -0.4 is 9.47 Å². The van der Waals surface area contributed by atoms with E-state index < -0.39 is 16.1 Å². The van der Waals surface area contributed by atoms with Crippen LogP contribution in [0, 0.1) is 0 Å². The van der Waals surface area contributed by atoms with Crippen molar-refractivity contribution >= 4 is 38.6 Å². The molecule has 1 heterocycles. The van der Waals surface area contributed by atoms with Gasteiger partial charge in [-0.3, -0.25) is 4.18 Å². The molecule has 0 aliphatic carbocycles. The first kappa shape index (κ1) is 32.1. The van der Waals surface area contributed by atoms with E-state index in [0.717, 1.165) is 39.5 Å². The average Bonchev–Trinajstić information content (AvgIpc) is 3.32. The van der Waals surface area contributed by atoms with Crippen molar-refractivity contribution in [3.63, 3.8) is 0 Å². The first-order valence-electron chi connectivity index (χ1n) is 14.3. The van der Waals surface area contributed by atoms with Crippen LogP contribution in [0.15, 0.2) is 97.1 Å². The predicted molar refractivity (Wildman–Crippen MR) is 175 cm³/mol. The fraction of sp³-hybridized carbons (Fsp3) is 0.229. The molecule has 5 rings (SSSR count). The molecule has 45 heavy (non-hydrogen) atoms. The lowest BCUT2D eigenvalue weighted by Crippen LogP contribution is -2.18. The topological polar surface area (TPSA) is 93.1 Å². The molecule has 5 aromatic rings. The Bertz CT molecular complexity index is 1850.